The molecule has 2 fully saturated rings. The molecule has 1 saturated heterocycles. The van der Waals surface area contributed by atoms with Crippen molar-refractivity contribution in [1.82, 2.24) is 10.2 Å². The maximum atomic E-state index is 12.1. The number of hydrogen-bond acceptors (Lipinski definition) is 3. The van der Waals surface area contributed by atoms with Gasteiger partial charge in [-0.1, -0.05) is 19.3 Å². The van der Waals surface area contributed by atoms with Crippen LogP contribution in [0, 0.1) is 5.92 Å². The zero-order valence-electron chi connectivity index (χ0n) is 14.7. The van der Waals surface area contributed by atoms with Gasteiger partial charge in [-0.05, 0) is 39.5 Å². The average Bonchev–Trinajstić information content (AvgIpc) is 2.47. The van der Waals surface area contributed by atoms with Gasteiger partial charge in [0.05, 0.1) is 10.5 Å². The molecule has 0 bridgehead atoms. The Labute approximate surface area is 158 Å². The molecule has 2 rings (SSSR count). The molecule has 1 aliphatic carbocycles. The molecule has 1 heterocycles. The van der Waals surface area contributed by atoms with E-state index in [1.807, 2.05) is 13.8 Å². The third kappa shape index (κ3) is 5.47. The van der Waals surface area contributed by atoms with Crippen LogP contribution < -0.4 is 5.32 Å². The highest BCUT2D eigenvalue weighted by molar-refractivity contribution is 14.0. The topological polar surface area (TPSA) is 61.8 Å². The van der Waals surface area contributed by atoms with Gasteiger partial charge in [0, 0.05) is 26.2 Å². The SMILES string of the molecule is CCNC(=NCC1CCCCC1)N1CCS(=O)(=O)C(C)(C)C1.I. The molecular weight excluding hydrogens is 425 g/mol. The van der Waals surface area contributed by atoms with Gasteiger partial charge in [0.1, 0.15) is 0 Å². The van der Waals surface area contributed by atoms with Crippen LogP contribution >= 0.6 is 24.0 Å². The molecule has 1 aliphatic heterocycles. The Kier molecular flexibility index (Phi) is 8.10. The maximum absolute atomic E-state index is 12.1. The second-order valence-electron chi connectivity index (χ2n) is 7.20. The molecule has 2 aliphatic rings. The van der Waals surface area contributed by atoms with Crippen molar-refractivity contribution >= 4 is 39.8 Å². The minimum absolute atomic E-state index is 0. The van der Waals surface area contributed by atoms with Crippen molar-refractivity contribution in [3.05, 3.63) is 0 Å². The van der Waals surface area contributed by atoms with Crippen LogP contribution in [0.2, 0.25) is 0 Å². The Hall–Kier alpha value is -0.0500. The number of sulfone groups is 1. The summed E-state index contributed by atoms with van der Waals surface area (Å²) in [7, 11) is -3.00. The standard InChI is InChI=1S/C16H31N3O2S.HI/c1-4-17-15(18-12-14-8-6-5-7-9-14)19-10-11-22(20,21)16(2,3)13-19;/h14H,4-13H2,1-3H3,(H,17,18);1H. The van der Waals surface area contributed by atoms with Crippen LogP contribution in [0.25, 0.3) is 0 Å². The highest BCUT2D eigenvalue weighted by Gasteiger charge is 2.40. The summed E-state index contributed by atoms with van der Waals surface area (Å²) in [5.74, 6) is 1.80. The van der Waals surface area contributed by atoms with Crippen LogP contribution in [0.1, 0.15) is 52.9 Å². The monoisotopic (exact) mass is 457 g/mol. The molecule has 0 atom stereocenters. The molecule has 1 saturated carbocycles. The fourth-order valence-electron chi connectivity index (χ4n) is 3.34. The van der Waals surface area contributed by atoms with E-state index in [9.17, 15) is 8.42 Å². The van der Waals surface area contributed by atoms with Gasteiger partial charge in [0.25, 0.3) is 0 Å². The summed E-state index contributed by atoms with van der Waals surface area (Å²) >= 11 is 0. The lowest BCUT2D eigenvalue weighted by Crippen LogP contribution is -2.57. The van der Waals surface area contributed by atoms with E-state index in [4.69, 9.17) is 4.99 Å². The zero-order valence-corrected chi connectivity index (χ0v) is 17.8. The lowest BCUT2D eigenvalue weighted by molar-refractivity contribution is 0.343. The molecule has 1 N–H and O–H groups in total. The van der Waals surface area contributed by atoms with Gasteiger partial charge in [-0.15, -0.1) is 24.0 Å². The maximum Gasteiger partial charge on any atom is 0.194 e. The highest BCUT2D eigenvalue weighted by Crippen LogP contribution is 2.25. The number of nitrogens with zero attached hydrogens (tertiary/aromatic N) is 2. The van der Waals surface area contributed by atoms with Crippen molar-refractivity contribution in [2.45, 2.75) is 57.6 Å². The van der Waals surface area contributed by atoms with Crippen molar-refractivity contribution in [3.63, 3.8) is 0 Å². The fourth-order valence-corrected chi connectivity index (χ4v) is 4.70. The summed E-state index contributed by atoms with van der Waals surface area (Å²) in [4.78, 5) is 6.93. The lowest BCUT2D eigenvalue weighted by Gasteiger charge is -2.39. The summed E-state index contributed by atoms with van der Waals surface area (Å²) < 4.78 is 23.6. The van der Waals surface area contributed by atoms with E-state index in [1.54, 1.807) is 0 Å². The third-order valence-corrected chi connectivity index (χ3v) is 7.43. The lowest BCUT2D eigenvalue weighted by atomic mass is 9.89. The van der Waals surface area contributed by atoms with E-state index in [0.717, 1.165) is 19.0 Å². The van der Waals surface area contributed by atoms with Crippen molar-refractivity contribution in [1.29, 1.82) is 0 Å². The van der Waals surface area contributed by atoms with Crippen molar-refractivity contribution < 1.29 is 8.42 Å². The Morgan fingerprint density at radius 3 is 2.48 bits per heavy atom. The molecule has 0 spiro atoms. The molecule has 23 heavy (non-hydrogen) atoms. The van der Waals surface area contributed by atoms with Crippen LogP contribution in [0.4, 0.5) is 0 Å². The average molecular weight is 457 g/mol. The van der Waals surface area contributed by atoms with E-state index < -0.39 is 14.6 Å². The number of halogens is 1. The highest BCUT2D eigenvalue weighted by atomic mass is 127. The molecule has 5 nitrogen and oxygen atoms in total. The Morgan fingerprint density at radius 2 is 1.91 bits per heavy atom. The normalized spacial score (nSPS) is 24.8. The van der Waals surface area contributed by atoms with Gasteiger partial charge >= 0.3 is 0 Å². The van der Waals surface area contributed by atoms with Gasteiger partial charge in [0.2, 0.25) is 0 Å². The van der Waals surface area contributed by atoms with E-state index >= 15 is 0 Å². The molecule has 0 aromatic heterocycles. The van der Waals surface area contributed by atoms with Crippen LogP contribution in [0.15, 0.2) is 4.99 Å². The van der Waals surface area contributed by atoms with E-state index in [1.165, 1.54) is 32.1 Å². The van der Waals surface area contributed by atoms with Crippen molar-refractivity contribution in [2.24, 2.45) is 10.9 Å². The quantitative estimate of drug-likeness (QED) is 0.402. The molecule has 0 aromatic carbocycles. The van der Waals surface area contributed by atoms with Crippen LogP contribution in [-0.2, 0) is 9.84 Å². The Morgan fingerprint density at radius 1 is 1.26 bits per heavy atom. The van der Waals surface area contributed by atoms with Gasteiger partial charge < -0.3 is 10.2 Å². The first kappa shape index (κ1) is 21.0. The number of guanidine groups is 1. The second-order valence-corrected chi connectivity index (χ2v) is 9.94. The van der Waals surface area contributed by atoms with E-state index in [-0.39, 0.29) is 29.7 Å². The first-order chi connectivity index (χ1) is 10.4. The largest absolute Gasteiger partial charge is 0.357 e. The van der Waals surface area contributed by atoms with Gasteiger partial charge in [-0.25, -0.2) is 8.42 Å². The molecule has 7 heteroatoms. The molecule has 0 radical (unpaired) electrons. The van der Waals surface area contributed by atoms with Crippen molar-refractivity contribution in [3.8, 4) is 0 Å². The summed E-state index contributed by atoms with van der Waals surface area (Å²) in [6.45, 7) is 8.44. The number of rotatable bonds is 3. The summed E-state index contributed by atoms with van der Waals surface area (Å²) in [6.07, 6.45) is 6.57. The van der Waals surface area contributed by atoms with Crippen molar-refractivity contribution in [2.75, 3.05) is 31.9 Å². The predicted molar refractivity (Wildman–Crippen MR) is 107 cm³/mol. The molecular formula is C16H32IN3O2S. The van der Waals surface area contributed by atoms with Gasteiger partial charge in [0.15, 0.2) is 15.8 Å². The minimum atomic E-state index is -3.00. The van der Waals surface area contributed by atoms with Gasteiger partial charge in [-0.2, -0.15) is 0 Å². The number of hydrogen-bond donors (Lipinski definition) is 1. The number of aliphatic imine (C=N–C) groups is 1. The molecule has 0 aromatic rings. The first-order valence-corrected chi connectivity index (χ1v) is 10.3. The van der Waals surface area contributed by atoms with Crippen LogP contribution in [0.5, 0.6) is 0 Å². The number of nitrogens with one attached hydrogen (secondary N) is 1. The van der Waals surface area contributed by atoms with Crippen LogP contribution in [0.3, 0.4) is 0 Å². The second kappa shape index (κ2) is 8.87. The molecule has 0 amide bonds. The summed E-state index contributed by atoms with van der Waals surface area (Å²) in [6, 6.07) is 0. The smallest absolute Gasteiger partial charge is 0.194 e. The Bertz CT molecular complexity index is 499. The third-order valence-electron chi connectivity index (χ3n) is 4.90. The summed E-state index contributed by atoms with van der Waals surface area (Å²) in [5, 5.41) is 3.34. The van der Waals surface area contributed by atoms with E-state index in [0.29, 0.717) is 19.0 Å². The van der Waals surface area contributed by atoms with Crippen LogP contribution in [-0.4, -0.2) is 56.0 Å². The molecule has 0 unspecified atom stereocenters. The first-order valence-electron chi connectivity index (χ1n) is 8.61. The minimum Gasteiger partial charge on any atom is -0.357 e. The Balaban J connectivity index is 0.00000264. The molecule has 136 valence electrons. The zero-order chi connectivity index (χ0) is 16.2. The fraction of sp³-hybridized carbons (Fsp3) is 0.938. The predicted octanol–water partition coefficient (Wildman–Crippen LogP) is 2.66. The van der Waals surface area contributed by atoms with Gasteiger partial charge in [-0.3, -0.25) is 4.99 Å². The van der Waals surface area contributed by atoms with E-state index in [2.05, 4.69) is 17.1 Å². The summed E-state index contributed by atoms with van der Waals surface area (Å²) in [5.41, 5.74) is 0.